The van der Waals surface area contributed by atoms with Gasteiger partial charge in [-0.25, -0.2) is 9.59 Å². The first-order valence-corrected chi connectivity index (χ1v) is 4.45. The number of ether oxygens (including phenoxy) is 1. The average Bonchev–Trinajstić information content (AvgIpc) is 2.57. The molecule has 1 amide bonds. The van der Waals surface area contributed by atoms with E-state index in [9.17, 15) is 14.4 Å². The molecule has 1 aliphatic rings. The van der Waals surface area contributed by atoms with Gasteiger partial charge in [-0.05, 0) is 20.8 Å². The summed E-state index contributed by atoms with van der Waals surface area (Å²) in [6.07, 6.45) is -1.07. The van der Waals surface area contributed by atoms with Crippen molar-refractivity contribution in [3.05, 3.63) is 0 Å². The smallest absolute Gasteiger partial charge is 0.408 e. The fourth-order valence-electron chi connectivity index (χ4n) is 1.04. The maximum Gasteiger partial charge on any atom is 0.408 e. The quantitative estimate of drug-likeness (QED) is 0.646. The molecule has 15 heavy (non-hydrogen) atoms. The molecule has 0 aliphatic heterocycles. The Morgan fingerprint density at radius 1 is 1.47 bits per heavy atom. The largest absolute Gasteiger partial charge is 0.479 e. The van der Waals surface area contributed by atoms with E-state index in [4.69, 9.17) is 9.84 Å². The van der Waals surface area contributed by atoms with Crippen LogP contribution in [0.4, 0.5) is 4.79 Å². The number of aliphatic carboxylic acids is 1. The maximum absolute atomic E-state index is 11.2. The van der Waals surface area contributed by atoms with E-state index in [1.165, 1.54) is 0 Å². The number of amides is 1. The second kappa shape index (κ2) is 3.22. The van der Waals surface area contributed by atoms with Crippen LogP contribution in [0.2, 0.25) is 0 Å². The summed E-state index contributed by atoms with van der Waals surface area (Å²) in [6.45, 7) is 4.94. The molecular weight excluding hydrogens is 202 g/mol. The van der Waals surface area contributed by atoms with Crippen molar-refractivity contribution in [1.82, 2.24) is 5.32 Å². The number of hydrogen-bond donors (Lipinski definition) is 2. The standard InChI is InChI=1S/C9H13NO5/c1-8(2,3)15-7(14)10-9(6(12)13)4-5(9)11/h4H2,1-3H3,(H,10,14)(H,12,13). The number of rotatable bonds is 2. The molecule has 1 atom stereocenters. The molecular formula is C9H13NO5. The lowest BCUT2D eigenvalue weighted by molar-refractivity contribution is -0.141. The van der Waals surface area contributed by atoms with Gasteiger partial charge >= 0.3 is 12.1 Å². The van der Waals surface area contributed by atoms with Gasteiger partial charge in [-0.1, -0.05) is 0 Å². The number of carboxylic acid groups (broad SMARTS) is 1. The highest BCUT2D eigenvalue weighted by Gasteiger charge is 2.62. The Hall–Kier alpha value is -1.59. The van der Waals surface area contributed by atoms with Gasteiger partial charge in [-0.2, -0.15) is 0 Å². The summed E-state index contributed by atoms with van der Waals surface area (Å²) in [5, 5.41) is 10.8. The lowest BCUT2D eigenvalue weighted by Gasteiger charge is -2.21. The molecule has 84 valence electrons. The topological polar surface area (TPSA) is 92.7 Å². The van der Waals surface area contributed by atoms with Crippen molar-refractivity contribution in [2.24, 2.45) is 0 Å². The molecule has 1 aliphatic carbocycles. The second-order valence-electron chi connectivity index (χ2n) is 4.44. The summed E-state index contributed by atoms with van der Waals surface area (Å²) in [4.78, 5) is 32.8. The van der Waals surface area contributed by atoms with Gasteiger partial charge in [0.15, 0.2) is 5.78 Å². The molecule has 2 N–H and O–H groups in total. The fraction of sp³-hybridized carbons (Fsp3) is 0.667. The van der Waals surface area contributed by atoms with Crippen LogP contribution < -0.4 is 5.32 Å². The van der Waals surface area contributed by atoms with Gasteiger partial charge < -0.3 is 9.84 Å². The van der Waals surface area contributed by atoms with Gasteiger partial charge in [-0.15, -0.1) is 0 Å². The zero-order valence-corrected chi connectivity index (χ0v) is 8.79. The highest BCUT2D eigenvalue weighted by Crippen LogP contribution is 2.31. The van der Waals surface area contributed by atoms with E-state index in [2.05, 4.69) is 5.32 Å². The van der Waals surface area contributed by atoms with Crippen molar-refractivity contribution in [1.29, 1.82) is 0 Å². The molecule has 0 aromatic carbocycles. The average molecular weight is 215 g/mol. The Labute approximate surface area is 86.6 Å². The Morgan fingerprint density at radius 2 is 1.93 bits per heavy atom. The zero-order chi connectivity index (χ0) is 11.9. The molecule has 1 rings (SSSR count). The predicted molar refractivity (Wildman–Crippen MR) is 49.4 cm³/mol. The van der Waals surface area contributed by atoms with Crippen molar-refractivity contribution < 1.29 is 24.2 Å². The van der Waals surface area contributed by atoms with E-state index in [1.54, 1.807) is 20.8 Å². The number of carbonyl (C=O) groups excluding carboxylic acids is 2. The first-order valence-electron chi connectivity index (χ1n) is 4.45. The Morgan fingerprint density at radius 3 is 2.20 bits per heavy atom. The summed E-state index contributed by atoms with van der Waals surface area (Å²) in [5.74, 6) is -1.86. The summed E-state index contributed by atoms with van der Waals surface area (Å²) < 4.78 is 4.85. The van der Waals surface area contributed by atoms with Gasteiger partial charge in [0, 0.05) is 0 Å². The highest BCUT2D eigenvalue weighted by atomic mass is 16.6. The number of Topliss-reactive ketones (excluding diaryl/α,β-unsaturated/α-hetero) is 1. The Bertz CT molecular complexity index is 330. The van der Waals surface area contributed by atoms with Crippen molar-refractivity contribution in [2.75, 3.05) is 0 Å². The minimum atomic E-state index is -1.75. The molecule has 0 aromatic rings. The van der Waals surface area contributed by atoms with Gasteiger partial charge in [0.05, 0.1) is 6.42 Å². The van der Waals surface area contributed by atoms with E-state index in [1.807, 2.05) is 0 Å². The van der Waals surface area contributed by atoms with E-state index >= 15 is 0 Å². The third kappa shape index (κ3) is 2.45. The van der Waals surface area contributed by atoms with E-state index in [-0.39, 0.29) is 6.42 Å². The lowest BCUT2D eigenvalue weighted by atomic mass is 10.2. The first kappa shape index (κ1) is 11.5. The molecule has 6 heteroatoms. The SMILES string of the molecule is CC(C)(C)OC(=O)NC1(C(=O)O)CC1=O. The van der Waals surface area contributed by atoms with Crippen LogP contribution in [0.5, 0.6) is 0 Å². The molecule has 1 unspecified atom stereocenters. The van der Waals surface area contributed by atoms with Gasteiger partial charge in [-0.3, -0.25) is 10.1 Å². The van der Waals surface area contributed by atoms with Crippen molar-refractivity contribution >= 4 is 17.8 Å². The van der Waals surface area contributed by atoms with Crippen LogP contribution in [0, 0.1) is 0 Å². The van der Waals surface area contributed by atoms with Crippen LogP contribution in [0.3, 0.4) is 0 Å². The summed E-state index contributed by atoms with van der Waals surface area (Å²) in [5.41, 5.74) is -2.47. The molecule has 0 bridgehead atoms. The third-order valence-electron chi connectivity index (χ3n) is 1.86. The number of ketones is 1. The van der Waals surface area contributed by atoms with E-state index in [0.717, 1.165) is 0 Å². The number of hydrogen-bond acceptors (Lipinski definition) is 4. The minimum Gasteiger partial charge on any atom is -0.479 e. The summed E-state index contributed by atoms with van der Waals surface area (Å²) in [6, 6.07) is 0. The highest BCUT2D eigenvalue weighted by molar-refractivity contribution is 6.23. The van der Waals surface area contributed by atoms with E-state index < -0.39 is 29.0 Å². The minimum absolute atomic E-state index is 0.179. The van der Waals surface area contributed by atoms with Gasteiger partial charge in [0.1, 0.15) is 5.60 Å². The van der Waals surface area contributed by atoms with Crippen LogP contribution in [0.1, 0.15) is 27.2 Å². The normalized spacial score (nSPS) is 24.6. The van der Waals surface area contributed by atoms with Crippen molar-refractivity contribution in [2.45, 2.75) is 38.3 Å². The number of alkyl carbamates (subject to hydrolysis) is 1. The van der Waals surface area contributed by atoms with Crippen molar-refractivity contribution in [3.8, 4) is 0 Å². The van der Waals surface area contributed by atoms with Crippen LogP contribution in [-0.4, -0.2) is 34.1 Å². The molecule has 0 aromatic heterocycles. The molecule has 0 heterocycles. The fourth-order valence-corrected chi connectivity index (χ4v) is 1.04. The molecule has 0 saturated heterocycles. The molecule has 0 radical (unpaired) electrons. The van der Waals surface area contributed by atoms with Crippen LogP contribution in [0.15, 0.2) is 0 Å². The number of nitrogens with one attached hydrogen (secondary N) is 1. The van der Waals surface area contributed by atoms with Crippen molar-refractivity contribution in [3.63, 3.8) is 0 Å². The third-order valence-corrected chi connectivity index (χ3v) is 1.86. The Balaban J connectivity index is 2.59. The van der Waals surface area contributed by atoms with Gasteiger partial charge in [0.2, 0.25) is 5.54 Å². The summed E-state index contributed by atoms with van der Waals surface area (Å²) >= 11 is 0. The number of carboxylic acids is 1. The first-order chi connectivity index (χ1) is 6.67. The molecule has 6 nitrogen and oxygen atoms in total. The Kier molecular flexibility index (Phi) is 2.46. The van der Waals surface area contributed by atoms with Crippen LogP contribution in [0.25, 0.3) is 0 Å². The monoisotopic (exact) mass is 215 g/mol. The molecule has 1 fully saturated rings. The maximum atomic E-state index is 11.2. The second-order valence-corrected chi connectivity index (χ2v) is 4.44. The zero-order valence-electron chi connectivity index (χ0n) is 8.79. The number of carbonyl (C=O) groups is 3. The lowest BCUT2D eigenvalue weighted by Crippen LogP contribution is -2.47. The summed E-state index contributed by atoms with van der Waals surface area (Å²) in [7, 11) is 0. The van der Waals surface area contributed by atoms with Crippen LogP contribution >= 0.6 is 0 Å². The molecule has 0 spiro atoms. The van der Waals surface area contributed by atoms with Gasteiger partial charge in [0.25, 0.3) is 0 Å². The van der Waals surface area contributed by atoms with Crippen LogP contribution in [-0.2, 0) is 14.3 Å². The molecule has 1 saturated carbocycles. The van der Waals surface area contributed by atoms with E-state index in [0.29, 0.717) is 0 Å². The predicted octanol–water partition coefficient (Wildman–Crippen LogP) is 0.307.